The molecule has 0 aliphatic heterocycles. The van der Waals surface area contributed by atoms with Crippen molar-refractivity contribution in [3.05, 3.63) is 52.3 Å². The Morgan fingerprint density at radius 1 is 1.22 bits per heavy atom. The van der Waals surface area contributed by atoms with Crippen LogP contribution in [0, 0.1) is 13.8 Å². The second kappa shape index (κ2) is 7.05. The molecule has 0 atom stereocenters. The lowest BCUT2D eigenvalue weighted by Crippen LogP contribution is -2.06. The normalized spacial score (nSPS) is 11.0. The van der Waals surface area contributed by atoms with Crippen LogP contribution >= 0.6 is 0 Å². The van der Waals surface area contributed by atoms with Gasteiger partial charge in [-0.1, -0.05) is 0 Å². The SMILES string of the molecule is CCOC(=O)c1[nH]c(C)c(C=Nc2ccc(C(C)=O)cc2)c1C. The molecule has 2 rings (SSSR count). The third-order valence-electron chi connectivity index (χ3n) is 3.59. The number of ether oxygens (including phenoxy) is 1. The van der Waals surface area contributed by atoms with E-state index in [1.807, 2.05) is 13.8 Å². The maximum absolute atomic E-state index is 11.9. The van der Waals surface area contributed by atoms with E-state index in [2.05, 4.69) is 9.98 Å². The van der Waals surface area contributed by atoms with E-state index in [0.29, 0.717) is 17.9 Å². The number of aliphatic imine (C=N–C) groups is 1. The van der Waals surface area contributed by atoms with Crippen molar-refractivity contribution in [2.45, 2.75) is 27.7 Å². The van der Waals surface area contributed by atoms with Crippen LogP contribution in [0.1, 0.15) is 51.5 Å². The standard InChI is InChI=1S/C18H20N2O3/c1-5-23-18(22)17-11(2)16(12(3)20-17)10-19-15-8-6-14(7-9-15)13(4)21/h6-10,20H,5H2,1-4H3. The van der Waals surface area contributed by atoms with Crippen molar-refractivity contribution in [3.8, 4) is 0 Å². The number of ketones is 1. The van der Waals surface area contributed by atoms with Gasteiger partial charge in [0.05, 0.1) is 12.3 Å². The van der Waals surface area contributed by atoms with E-state index in [1.165, 1.54) is 6.92 Å². The van der Waals surface area contributed by atoms with Gasteiger partial charge < -0.3 is 9.72 Å². The van der Waals surface area contributed by atoms with E-state index in [0.717, 1.165) is 22.5 Å². The zero-order valence-electron chi connectivity index (χ0n) is 13.8. The van der Waals surface area contributed by atoms with Gasteiger partial charge in [0.15, 0.2) is 5.78 Å². The highest BCUT2D eigenvalue weighted by molar-refractivity contribution is 5.96. The van der Waals surface area contributed by atoms with Gasteiger partial charge >= 0.3 is 5.97 Å². The zero-order valence-corrected chi connectivity index (χ0v) is 13.8. The molecule has 1 aromatic heterocycles. The lowest BCUT2D eigenvalue weighted by molar-refractivity contribution is 0.0519. The average molecular weight is 312 g/mol. The van der Waals surface area contributed by atoms with Crippen LogP contribution in [0.3, 0.4) is 0 Å². The number of hydrogen-bond donors (Lipinski definition) is 1. The van der Waals surface area contributed by atoms with Gasteiger partial charge in [0, 0.05) is 23.0 Å². The van der Waals surface area contributed by atoms with Crippen molar-refractivity contribution in [3.63, 3.8) is 0 Å². The van der Waals surface area contributed by atoms with Crippen LogP contribution < -0.4 is 0 Å². The summed E-state index contributed by atoms with van der Waals surface area (Å²) in [5, 5.41) is 0. The number of aromatic amines is 1. The van der Waals surface area contributed by atoms with Crippen molar-refractivity contribution < 1.29 is 14.3 Å². The number of carbonyl (C=O) groups is 2. The van der Waals surface area contributed by atoms with Crippen LogP contribution in [0.25, 0.3) is 0 Å². The number of hydrogen-bond acceptors (Lipinski definition) is 4. The van der Waals surface area contributed by atoms with Gasteiger partial charge in [-0.25, -0.2) is 4.79 Å². The fraction of sp³-hybridized carbons (Fsp3) is 0.278. The maximum atomic E-state index is 11.9. The van der Waals surface area contributed by atoms with Crippen LogP contribution in [0.2, 0.25) is 0 Å². The van der Waals surface area contributed by atoms with Crippen molar-refractivity contribution in [1.82, 2.24) is 4.98 Å². The highest BCUT2D eigenvalue weighted by Crippen LogP contribution is 2.19. The number of H-pyrrole nitrogens is 1. The molecule has 0 aliphatic carbocycles. The van der Waals surface area contributed by atoms with Gasteiger partial charge in [-0.15, -0.1) is 0 Å². The molecule has 1 N–H and O–H groups in total. The average Bonchev–Trinajstić information content (AvgIpc) is 2.81. The molecule has 0 spiro atoms. The third-order valence-corrected chi connectivity index (χ3v) is 3.59. The van der Waals surface area contributed by atoms with E-state index in [9.17, 15) is 9.59 Å². The van der Waals surface area contributed by atoms with Crippen molar-refractivity contribution in [2.75, 3.05) is 6.61 Å². The summed E-state index contributed by atoms with van der Waals surface area (Å²) in [4.78, 5) is 30.6. The van der Waals surface area contributed by atoms with Crippen LogP contribution in [0.4, 0.5) is 5.69 Å². The van der Waals surface area contributed by atoms with Gasteiger partial charge in [-0.2, -0.15) is 0 Å². The molecule has 0 saturated heterocycles. The molecule has 1 aromatic carbocycles. The first kappa shape index (κ1) is 16.7. The Morgan fingerprint density at radius 2 is 1.87 bits per heavy atom. The first-order chi connectivity index (χ1) is 10.9. The highest BCUT2D eigenvalue weighted by Gasteiger charge is 2.17. The summed E-state index contributed by atoms with van der Waals surface area (Å²) in [6.45, 7) is 7.38. The highest BCUT2D eigenvalue weighted by atomic mass is 16.5. The predicted molar refractivity (Wildman–Crippen MR) is 89.9 cm³/mol. The van der Waals surface area contributed by atoms with E-state index in [4.69, 9.17) is 4.74 Å². The van der Waals surface area contributed by atoms with Crippen LogP contribution in [0.5, 0.6) is 0 Å². The zero-order chi connectivity index (χ0) is 17.0. The molecule has 5 nitrogen and oxygen atoms in total. The van der Waals surface area contributed by atoms with E-state index >= 15 is 0 Å². The Hall–Kier alpha value is -2.69. The van der Waals surface area contributed by atoms with Gasteiger partial charge in [0.2, 0.25) is 0 Å². The molecule has 23 heavy (non-hydrogen) atoms. The van der Waals surface area contributed by atoms with Gasteiger partial charge in [-0.05, 0) is 57.5 Å². The molecular formula is C18H20N2O3. The van der Waals surface area contributed by atoms with Crippen LogP contribution in [-0.2, 0) is 4.74 Å². The second-order valence-electron chi connectivity index (χ2n) is 5.25. The minimum Gasteiger partial charge on any atom is -0.461 e. The Morgan fingerprint density at radius 3 is 2.43 bits per heavy atom. The smallest absolute Gasteiger partial charge is 0.355 e. The van der Waals surface area contributed by atoms with Gasteiger partial charge in [-0.3, -0.25) is 9.79 Å². The first-order valence-corrected chi connectivity index (χ1v) is 7.45. The number of esters is 1. The number of benzene rings is 1. The summed E-state index contributed by atoms with van der Waals surface area (Å²) in [6.07, 6.45) is 1.71. The largest absolute Gasteiger partial charge is 0.461 e. The van der Waals surface area contributed by atoms with Crippen molar-refractivity contribution in [1.29, 1.82) is 0 Å². The Labute approximate surface area is 135 Å². The quantitative estimate of drug-likeness (QED) is 0.519. The molecule has 0 aliphatic rings. The number of Topliss-reactive ketones (excluding diaryl/α,β-unsaturated/α-hetero) is 1. The number of rotatable bonds is 5. The summed E-state index contributed by atoms with van der Waals surface area (Å²) in [5.41, 5.74) is 4.39. The molecule has 0 amide bonds. The van der Waals surface area contributed by atoms with E-state index < -0.39 is 0 Å². The lowest BCUT2D eigenvalue weighted by atomic mass is 10.1. The summed E-state index contributed by atoms with van der Waals surface area (Å²) >= 11 is 0. The molecule has 0 radical (unpaired) electrons. The minimum absolute atomic E-state index is 0.0249. The number of carbonyl (C=O) groups excluding carboxylic acids is 2. The molecule has 1 heterocycles. The van der Waals surface area contributed by atoms with E-state index in [1.54, 1.807) is 37.4 Å². The van der Waals surface area contributed by atoms with E-state index in [-0.39, 0.29) is 11.8 Å². The molecule has 0 bridgehead atoms. The number of nitrogens with one attached hydrogen (secondary N) is 1. The Bertz CT molecular complexity index is 755. The fourth-order valence-electron chi connectivity index (χ4n) is 2.29. The Kier molecular flexibility index (Phi) is 5.11. The van der Waals surface area contributed by atoms with Gasteiger partial charge in [0.25, 0.3) is 0 Å². The fourth-order valence-corrected chi connectivity index (χ4v) is 2.29. The summed E-state index contributed by atoms with van der Waals surface area (Å²) in [5.74, 6) is -0.338. The van der Waals surface area contributed by atoms with Crippen LogP contribution in [-0.4, -0.2) is 29.6 Å². The molecule has 0 fully saturated rings. The molecular weight excluding hydrogens is 292 g/mol. The molecule has 0 saturated carbocycles. The topological polar surface area (TPSA) is 71.5 Å². The summed E-state index contributed by atoms with van der Waals surface area (Å²) in [7, 11) is 0. The number of nitrogens with zero attached hydrogens (tertiary/aromatic N) is 1. The minimum atomic E-state index is -0.362. The van der Waals surface area contributed by atoms with Crippen LogP contribution in [0.15, 0.2) is 29.3 Å². The Balaban J connectivity index is 2.25. The lowest BCUT2D eigenvalue weighted by Gasteiger charge is -2.00. The summed E-state index contributed by atoms with van der Waals surface area (Å²) in [6, 6.07) is 7.07. The van der Waals surface area contributed by atoms with Crippen molar-refractivity contribution in [2.24, 2.45) is 4.99 Å². The first-order valence-electron chi connectivity index (χ1n) is 7.45. The van der Waals surface area contributed by atoms with Gasteiger partial charge in [0.1, 0.15) is 5.69 Å². The second-order valence-corrected chi connectivity index (χ2v) is 5.25. The monoisotopic (exact) mass is 312 g/mol. The number of aromatic nitrogens is 1. The summed E-state index contributed by atoms with van der Waals surface area (Å²) < 4.78 is 5.03. The maximum Gasteiger partial charge on any atom is 0.355 e. The molecule has 2 aromatic rings. The molecule has 5 heteroatoms. The molecule has 120 valence electrons. The third kappa shape index (κ3) is 3.74. The number of aryl methyl sites for hydroxylation is 1. The van der Waals surface area contributed by atoms with Crippen molar-refractivity contribution >= 4 is 23.7 Å². The predicted octanol–water partition coefficient (Wildman–Crippen LogP) is 3.76. The molecule has 0 unspecified atom stereocenters.